The highest BCUT2D eigenvalue weighted by Gasteiger charge is 2.18. The Morgan fingerprint density at radius 3 is 2.67 bits per heavy atom. The molecule has 1 N–H and O–H groups in total. The van der Waals surface area contributed by atoms with Crippen LogP contribution in [0.4, 0.5) is 0 Å². The topological polar surface area (TPSA) is 63.1 Å². The van der Waals surface area contributed by atoms with Crippen LogP contribution in [0.25, 0.3) is 0 Å². The summed E-state index contributed by atoms with van der Waals surface area (Å²) >= 11 is 0. The first-order chi connectivity index (χ1) is 8.63. The molecule has 0 aliphatic rings. The zero-order valence-corrected chi connectivity index (χ0v) is 11.7. The number of likely N-dealkylation sites (N-methyl/N-ethyl adjacent to an activating group) is 1. The third kappa shape index (κ3) is 3.53. The summed E-state index contributed by atoms with van der Waals surface area (Å²) in [5, 5.41) is 11.1. The van der Waals surface area contributed by atoms with Crippen LogP contribution in [-0.4, -0.2) is 44.7 Å². The molecule has 0 aliphatic heterocycles. The second kappa shape index (κ2) is 7.10. The van der Waals surface area contributed by atoms with Crippen molar-refractivity contribution in [2.45, 2.75) is 46.8 Å². The van der Waals surface area contributed by atoms with E-state index in [2.05, 4.69) is 15.5 Å². The lowest BCUT2D eigenvalue weighted by Crippen LogP contribution is -2.44. The van der Waals surface area contributed by atoms with E-state index in [4.69, 9.17) is 0 Å². The average Bonchev–Trinajstić information content (AvgIpc) is 2.84. The summed E-state index contributed by atoms with van der Waals surface area (Å²) in [5.74, 6) is 0.985. The molecule has 0 bridgehead atoms. The van der Waals surface area contributed by atoms with Gasteiger partial charge in [-0.3, -0.25) is 10.1 Å². The fraction of sp³-hybridized carbons (Fsp3) is 0.750. The van der Waals surface area contributed by atoms with Gasteiger partial charge in [-0.2, -0.15) is 0 Å². The van der Waals surface area contributed by atoms with Gasteiger partial charge in [0.25, 0.3) is 0 Å². The van der Waals surface area contributed by atoms with Crippen molar-refractivity contribution < 1.29 is 4.79 Å². The molecule has 1 heterocycles. The molecule has 0 fully saturated rings. The number of nitrogens with one attached hydrogen (secondary N) is 1. The van der Waals surface area contributed by atoms with E-state index < -0.39 is 0 Å². The van der Waals surface area contributed by atoms with Crippen LogP contribution in [0.1, 0.15) is 33.5 Å². The van der Waals surface area contributed by atoms with Crippen LogP contribution in [-0.2, 0) is 17.9 Å². The predicted molar refractivity (Wildman–Crippen MR) is 69.9 cm³/mol. The van der Waals surface area contributed by atoms with Crippen molar-refractivity contribution in [2.75, 3.05) is 13.1 Å². The Labute approximate surface area is 108 Å². The van der Waals surface area contributed by atoms with Gasteiger partial charge in [0, 0.05) is 19.6 Å². The molecule has 0 saturated carbocycles. The monoisotopic (exact) mass is 253 g/mol. The molecular weight excluding hydrogens is 230 g/mol. The summed E-state index contributed by atoms with van der Waals surface area (Å²) in [6.07, 6.45) is 1.70. The lowest BCUT2D eigenvalue weighted by molar-refractivity contribution is -0.132. The Hall–Kier alpha value is -1.43. The van der Waals surface area contributed by atoms with E-state index in [1.54, 1.807) is 6.33 Å². The third-order valence-corrected chi connectivity index (χ3v) is 3.05. The molecule has 0 saturated heterocycles. The molecule has 1 aromatic rings. The SMILES string of the molecule is CCN(CC)C(=O)C(C)NCc1nncn1CC. The van der Waals surface area contributed by atoms with Crippen LogP contribution in [0.5, 0.6) is 0 Å². The molecule has 6 heteroatoms. The summed E-state index contributed by atoms with van der Waals surface area (Å²) in [5.41, 5.74) is 0. The maximum atomic E-state index is 12.0. The van der Waals surface area contributed by atoms with E-state index in [1.165, 1.54) is 0 Å². The second-order valence-electron chi connectivity index (χ2n) is 4.15. The maximum absolute atomic E-state index is 12.0. The van der Waals surface area contributed by atoms with Crippen LogP contribution in [0, 0.1) is 0 Å². The third-order valence-electron chi connectivity index (χ3n) is 3.05. The molecule has 1 amide bonds. The Morgan fingerprint density at radius 2 is 2.11 bits per heavy atom. The Morgan fingerprint density at radius 1 is 1.44 bits per heavy atom. The fourth-order valence-electron chi connectivity index (χ4n) is 1.82. The van der Waals surface area contributed by atoms with E-state index >= 15 is 0 Å². The normalized spacial score (nSPS) is 12.4. The number of nitrogens with zero attached hydrogens (tertiary/aromatic N) is 4. The summed E-state index contributed by atoms with van der Waals surface area (Å²) < 4.78 is 1.96. The molecule has 1 rings (SSSR count). The van der Waals surface area contributed by atoms with Crippen LogP contribution in [0.2, 0.25) is 0 Å². The Kier molecular flexibility index (Phi) is 5.77. The number of aromatic nitrogens is 3. The maximum Gasteiger partial charge on any atom is 0.239 e. The van der Waals surface area contributed by atoms with Gasteiger partial charge in [-0.15, -0.1) is 10.2 Å². The zero-order chi connectivity index (χ0) is 13.5. The molecular formula is C12H23N5O. The van der Waals surface area contributed by atoms with Gasteiger partial charge in [-0.05, 0) is 27.7 Å². The Balaban J connectivity index is 2.50. The van der Waals surface area contributed by atoms with Crippen molar-refractivity contribution in [1.82, 2.24) is 25.0 Å². The van der Waals surface area contributed by atoms with Gasteiger partial charge in [0.1, 0.15) is 12.2 Å². The fourth-order valence-corrected chi connectivity index (χ4v) is 1.82. The number of carbonyl (C=O) groups is 1. The lowest BCUT2D eigenvalue weighted by Gasteiger charge is -2.23. The molecule has 102 valence electrons. The lowest BCUT2D eigenvalue weighted by atomic mass is 10.2. The minimum Gasteiger partial charge on any atom is -0.342 e. The zero-order valence-electron chi connectivity index (χ0n) is 11.7. The highest BCUT2D eigenvalue weighted by atomic mass is 16.2. The van der Waals surface area contributed by atoms with Gasteiger partial charge in [-0.25, -0.2) is 0 Å². The molecule has 0 aliphatic carbocycles. The highest BCUT2D eigenvalue weighted by molar-refractivity contribution is 5.81. The first kappa shape index (κ1) is 14.6. The molecule has 18 heavy (non-hydrogen) atoms. The molecule has 1 unspecified atom stereocenters. The van der Waals surface area contributed by atoms with Gasteiger partial charge in [0.05, 0.1) is 12.6 Å². The van der Waals surface area contributed by atoms with E-state index in [-0.39, 0.29) is 11.9 Å². The quantitative estimate of drug-likeness (QED) is 0.775. The summed E-state index contributed by atoms with van der Waals surface area (Å²) in [6.45, 7) is 10.8. The number of hydrogen-bond acceptors (Lipinski definition) is 4. The standard InChI is InChI=1S/C12H23N5O/c1-5-16(6-2)12(18)10(4)13-8-11-15-14-9-17(11)7-3/h9-10,13H,5-8H2,1-4H3. The Bertz CT molecular complexity index is 372. The van der Waals surface area contributed by atoms with Crippen LogP contribution in [0.3, 0.4) is 0 Å². The highest BCUT2D eigenvalue weighted by Crippen LogP contribution is 1.98. The number of rotatable bonds is 7. The summed E-state index contributed by atoms with van der Waals surface area (Å²) in [6, 6.07) is -0.202. The minimum absolute atomic E-state index is 0.127. The van der Waals surface area contributed by atoms with E-state index in [0.717, 1.165) is 25.5 Å². The molecule has 1 atom stereocenters. The predicted octanol–water partition coefficient (Wildman–Crippen LogP) is 0.644. The smallest absolute Gasteiger partial charge is 0.239 e. The molecule has 0 aromatic carbocycles. The van der Waals surface area contributed by atoms with Crippen LogP contribution < -0.4 is 5.32 Å². The van der Waals surface area contributed by atoms with Crippen molar-refractivity contribution in [3.63, 3.8) is 0 Å². The van der Waals surface area contributed by atoms with Gasteiger partial charge in [-0.1, -0.05) is 0 Å². The number of aryl methyl sites for hydroxylation is 1. The first-order valence-electron chi connectivity index (χ1n) is 6.52. The van der Waals surface area contributed by atoms with Gasteiger partial charge in [0.15, 0.2) is 0 Å². The van der Waals surface area contributed by atoms with Crippen LogP contribution in [0.15, 0.2) is 6.33 Å². The first-order valence-corrected chi connectivity index (χ1v) is 6.52. The van der Waals surface area contributed by atoms with E-state index in [9.17, 15) is 4.79 Å². The van der Waals surface area contributed by atoms with Crippen molar-refractivity contribution >= 4 is 5.91 Å². The van der Waals surface area contributed by atoms with Crippen LogP contribution >= 0.6 is 0 Å². The molecule has 0 radical (unpaired) electrons. The van der Waals surface area contributed by atoms with Crippen molar-refractivity contribution in [1.29, 1.82) is 0 Å². The summed E-state index contributed by atoms with van der Waals surface area (Å²) in [7, 11) is 0. The summed E-state index contributed by atoms with van der Waals surface area (Å²) in [4.78, 5) is 13.9. The van der Waals surface area contributed by atoms with Crippen molar-refractivity contribution in [3.05, 3.63) is 12.2 Å². The van der Waals surface area contributed by atoms with Gasteiger partial charge in [0.2, 0.25) is 5.91 Å². The van der Waals surface area contributed by atoms with Crippen molar-refractivity contribution in [2.24, 2.45) is 0 Å². The van der Waals surface area contributed by atoms with E-state index in [1.807, 2.05) is 37.2 Å². The second-order valence-corrected chi connectivity index (χ2v) is 4.15. The average molecular weight is 253 g/mol. The number of carbonyl (C=O) groups excluding carboxylic acids is 1. The molecule has 6 nitrogen and oxygen atoms in total. The van der Waals surface area contributed by atoms with Gasteiger partial charge < -0.3 is 9.47 Å². The number of hydrogen-bond donors (Lipinski definition) is 1. The minimum atomic E-state index is -0.202. The number of amides is 1. The van der Waals surface area contributed by atoms with E-state index in [0.29, 0.717) is 6.54 Å². The molecule has 0 spiro atoms. The largest absolute Gasteiger partial charge is 0.342 e. The van der Waals surface area contributed by atoms with Crippen molar-refractivity contribution in [3.8, 4) is 0 Å². The molecule has 1 aromatic heterocycles. The van der Waals surface area contributed by atoms with Gasteiger partial charge >= 0.3 is 0 Å².